The predicted molar refractivity (Wildman–Crippen MR) is 120 cm³/mol. The number of carbonyl (C=O) groups is 1. The summed E-state index contributed by atoms with van der Waals surface area (Å²) in [5, 5.41) is 4.58. The van der Waals surface area contributed by atoms with Gasteiger partial charge in [-0.2, -0.15) is 0 Å². The van der Waals surface area contributed by atoms with Crippen molar-refractivity contribution in [2.24, 2.45) is 0 Å². The second kappa shape index (κ2) is 8.95. The van der Waals surface area contributed by atoms with E-state index in [0.29, 0.717) is 9.71 Å². The van der Waals surface area contributed by atoms with Crippen LogP contribution in [0.15, 0.2) is 40.7 Å². The van der Waals surface area contributed by atoms with E-state index in [0.717, 1.165) is 53.0 Å². The lowest BCUT2D eigenvalue weighted by Gasteiger charge is -2.14. The van der Waals surface area contributed by atoms with E-state index in [1.54, 1.807) is 4.68 Å². The molecule has 1 fully saturated rings. The van der Waals surface area contributed by atoms with Gasteiger partial charge in [0.25, 0.3) is 0 Å². The van der Waals surface area contributed by atoms with E-state index in [9.17, 15) is 4.79 Å². The van der Waals surface area contributed by atoms with Crippen LogP contribution in [0.2, 0.25) is 0 Å². The molecule has 0 saturated carbocycles. The molecule has 5 nitrogen and oxygen atoms in total. The van der Waals surface area contributed by atoms with Crippen LogP contribution in [0.5, 0.6) is 0 Å². The average Bonchev–Trinajstić information content (AvgIpc) is 3.43. The van der Waals surface area contributed by atoms with Gasteiger partial charge in [-0.05, 0) is 57.1 Å². The lowest BCUT2D eigenvalue weighted by molar-refractivity contribution is 0.0957. The first-order valence-electron chi connectivity index (χ1n) is 9.63. The summed E-state index contributed by atoms with van der Waals surface area (Å²) < 4.78 is 11.2. The van der Waals surface area contributed by atoms with Gasteiger partial charge in [0.1, 0.15) is 0 Å². The van der Waals surface area contributed by atoms with Crippen LogP contribution in [0.4, 0.5) is 0 Å². The number of benzene rings is 1. The van der Waals surface area contributed by atoms with Crippen LogP contribution in [-0.2, 0) is 11.3 Å². The van der Waals surface area contributed by atoms with Gasteiger partial charge in [0.15, 0.2) is 14.1 Å². The molecule has 152 valence electrons. The Morgan fingerprint density at radius 1 is 1.34 bits per heavy atom. The molecule has 3 aromatic rings. The fourth-order valence-corrected chi connectivity index (χ4v) is 5.86. The first kappa shape index (κ1) is 20.5. The number of para-hydroxylation sites is 1. The minimum atomic E-state index is 0.120. The Hall–Kier alpha value is -1.74. The van der Waals surface area contributed by atoms with Crippen molar-refractivity contribution in [2.45, 2.75) is 43.7 Å². The van der Waals surface area contributed by atoms with Crippen molar-refractivity contribution in [3.8, 4) is 5.69 Å². The summed E-state index contributed by atoms with van der Waals surface area (Å²) in [7, 11) is 0. The van der Waals surface area contributed by atoms with Gasteiger partial charge in [0, 0.05) is 30.1 Å². The quantitative estimate of drug-likeness (QED) is 0.283. The number of hydrogen-bond donors (Lipinski definition) is 0. The van der Waals surface area contributed by atoms with Gasteiger partial charge < -0.3 is 9.30 Å². The van der Waals surface area contributed by atoms with Crippen LogP contribution in [0.1, 0.15) is 34.6 Å². The monoisotopic (exact) mass is 445 g/mol. The number of aryl methyl sites for hydroxylation is 1. The molecule has 0 aliphatic carbocycles. The highest BCUT2D eigenvalue weighted by atomic mass is 32.2. The van der Waals surface area contributed by atoms with Crippen LogP contribution in [0.3, 0.4) is 0 Å². The molecule has 0 unspecified atom stereocenters. The minimum absolute atomic E-state index is 0.120. The van der Waals surface area contributed by atoms with Gasteiger partial charge in [-0.3, -0.25) is 4.79 Å². The molecule has 0 amide bonds. The third kappa shape index (κ3) is 4.55. The van der Waals surface area contributed by atoms with Gasteiger partial charge in [0.2, 0.25) is 0 Å². The molecular formula is C21H23N3O2S3. The van der Waals surface area contributed by atoms with Gasteiger partial charge in [-0.25, -0.2) is 4.68 Å². The number of thioether (sulfide) groups is 1. The maximum absolute atomic E-state index is 12.9. The van der Waals surface area contributed by atoms with E-state index in [1.165, 1.54) is 23.1 Å². The van der Waals surface area contributed by atoms with Crippen molar-refractivity contribution in [1.29, 1.82) is 0 Å². The maximum atomic E-state index is 12.9. The Kier molecular flexibility index (Phi) is 6.34. The van der Waals surface area contributed by atoms with E-state index >= 15 is 0 Å². The van der Waals surface area contributed by atoms with Crippen molar-refractivity contribution >= 4 is 41.1 Å². The zero-order chi connectivity index (χ0) is 20.4. The Labute approximate surface area is 183 Å². The Morgan fingerprint density at radius 3 is 2.86 bits per heavy atom. The topological polar surface area (TPSA) is 49.0 Å². The predicted octanol–water partition coefficient (Wildman–Crippen LogP) is 5.24. The molecule has 1 atom stereocenters. The van der Waals surface area contributed by atoms with E-state index < -0.39 is 0 Å². The summed E-state index contributed by atoms with van der Waals surface area (Å²) in [6.07, 6.45) is 2.46. The van der Waals surface area contributed by atoms with E-state index in [2.05, 4.69) is 16.6 Å². The van der Waals surface area contributed by atoms with Crippen molar-refractivity contribution in [2.75, 3.05) is 12.4 Å². The SMILES string of the molecule is Cc1cc(C(=O)CSc2nn(-c3ccccc3)c(=S)s2)c(C)n1C[C@H]1CCCO1. The van der Waals surface area contributed by atoms with Crippen LogP contribution in [-0.4, -0.2) is 38.6 Å². The lowest BCUT2D eigenvalue weighted by Crippen LogP contribution is -2.17. The maximum Gasteiger partial charge on any atom is 0.184 e. The fraction of sp³-hybridized carbons (Fsp3) is 0.381. The second-order valence-corrected chi connectivity index (χ2v) is 9.97. The first-order chi connectivity index (χ1) is 14.0. The lowest BCUT2D eigenvalue weighted by atomic mass is 10.2. The zero-order valence-corrected chi connectivity index (χ0v) is 18.9. The molecule has 1 aliphatic rings. The van der Waals surface area contributed by atoms with Crippen molar-refractivity contribution in [3.63, 3.8) is 0 Å². The molecule has 4 rings (SSSR count). The van der Waals surface area contributed by atoms with Gasteiger partial charge in [-0.1, -0.05) is 41.3 Å². The highest BCUT2D eigenvalue weighted by molar-refractivity contribution is 8.01. The molecule has 2 aromatic heterocycles. The molecule has 0 N–H and O–H groups in total. The van der Waals surface area contributed by atoms with Crippen molar-refractivity contribution in [1.82, 2.24) is 14.3 Å². The molecule has 1 aromatic carbocycles. The highest BCUT2D eigenvalue weighted by Crippen LogP contribution is 2.26. The minimum Gasteiger partial charge on any atom is -0.376 e. The van der Waals surface area contributed by atoms with Crippen molar-refractivity contribution in [3.05, 3.63) is 57.3 Å². The molecule has 0 bridgehead atoms. The highest BCUT2D eigenvalue weighted by Gasteiger charge is 2.21. The number of aromatic nitrogens is 3. The van der Waals surface area contributed by atoms with Crippen LogP contribution in [0.25, 0.3) is 5.69 Å². The summed E-state index contributed by atoms with van der Waals surface area (Å²) in [5.41, 5.74) is 3.85. The number of carbonyl (C=O) groups excluding carboxylic acids is 1. The fourth-order valence-electron chi connectivity index (χ4n) is 3.61. The van der Waals surface area contributed by atoms with E-state index in [4.69, 9.17) is 17.0 Å². The van der Waals surface area contributed by atoms with Gasteiger partial charge in [-0.15, -0.1) is 5.10 Å². The number of ketones is 1. The standard InChI is InChI=1S/C21H23N3O2S3/c1-14-11-18(15(2)23(14)12-17-9-6-10-26-17)19(25)13-28-20-22-24(21(27)29-20)16-7-4-3-5-8-16/h3-5,7-8,11,17H,6,9-10,12-13H2,1-2H3/t17-/m1/s1. The molecule has 3 heterocycles. The Bertz CT molecular complexity index is 1060. The molecule has 1 saturated heterocycles. The molecule has 1 aliphatic heterocycles. The summed E-state index contributed by atoms with van der Waals surface area (Å²) in [5.74, 6) is 0.468. The third-order valence-corrected chi connectivity index (χ3v) is 7.51. The molecule has 0 spiro atoms. The van der Waals surface area contributed by atoms with Crippen molar-refractivity contribution < 1.29 is 9.53 Å². The average molecular weight is 446 g/mol. The van der Waals surface area contributed by atoms with Gasteiger partial charge in [0.05, 0.1) is 17.5 Å². The summed E-state index contributed by atoms with van der Waals surface area (Å²) in [6, 6.07) is 11.8. The van der Waals surface area contributed by atoms with Crippen LogP contribution >= 0.6 is 35.3 Å². The van der Waals surface area contributed by atoms with E-state index in [-0.39, 0.29) is 11.9 Å². The normalized spacial score (nSPS) is 16.4. The molecule has 8 heteroatoms. The molecular weight excluding hydrogens is 422 g/mol. The zero-order valence-electron chi connectivity index (χ0n) is 16.5. The van der Waals surface area contributed by atoms with E-state index in [1.807, 2.05) is 43.3 Å². The smallest absolute Gasteiger partial charge is 0.184 e. The van der Waals surface area contributed by atoms with Gasteiger partial charge >= 0.3 is 0 Å². The number of nitrogens with zero attached hydrogens (tertiary/aromatic N) is 3. The third-order valence-electron chi connectivity index (χ3n) is 5.14. The number of hydrogen-bond acceptors (Lipinski definition) is 6. The van der Waals surface area contributed by atoms with Crippen LogP contribution in [0, 0.1) is 17.8 Å². The molecule has 29 heavy (non-hydrogen) atoms. The Balaban J connectivity index is 1.45. The molecule has 0 radical (unpaired) electrons. The number of Topliss-reactive ketones (excluding diaryl/α,β-unsaturated/α-hetero) is 1. The number of rotatable bonds is 7. The van der Waals surface area contributed by atoms with Crippen LogP contribution < -0.4 is 0 Å². The Morgan fingerprint density at radius 2 is 2.14 bits per heavy atom. The summed E-state index contributed by atoms with van der Waals surface area (Å²) in [6.45, 7) is 5.74. The largest absolute Gasteiger partial charge is 0.376 e. The number of ether oxygens (including phenoxy) is 1. The summed E-state index contributed by atoms with van der Waals surface area (Å²) in [4.78, 5) is 12.9. The first-order valence-corrected chi connectivity index (χ1v) is 11.8. The summed E-state index contributed by atoms with van der Waals surface area (Å²) >= 11 is 8.33. The second-order valence-electron chi connectivity index (χ2n) is 7.12.